The van der Waals surface area contributed by atoms with Gasteiger partial charge >= 0.3 is 0 Å². The summed E-state index contributed by atoms with van der Waals surface area (Å²) in [4.78, 5) is 1.99. The highest BCUT2D eigenvalue weighted by molar-refractivity contribution is 6.13. The lowest BCUT2D eigenvalue weighted by Gasteiger charge is -2.37. The molecule has 0 spiro atoms. The van der Waals surface area contributed by atoms with Crippen LogP contribution in [0, 0.1) is 10.4 Å². The molecule has 0 aromatic heterocycles. The fourth-order valence-electron chi connectivity index (χ4n) is 2.82. The second kappa shape index (κ2) is 9.25. The molecule has 3 rings (SSSR count). The zero-order chi connectivity index (χ0) is 21.7. The number of hydrogen-bond acceptors (Lipinski definition) is 9. The van der Waals surface area contributed by atoms with Gasteiger partial charge in [-0.25, -0.2) is 0 Å². The number of nitrogens with zero attached hydrogens (tertiary/aromatic N) is 4. The molecule has 0 radical (unpaired) electrons. The predicted octanol–water partition coefficient (Wildman–Crippen LogP) is 4.00. The first kappa shape index (κ1) is 21.1. The molecule has 0 amide bonds. The van der Waals surface area contributed by atoms with Gasteiger partial charge in [0.2, 0.25) is 0 Å². The Hall–Kier alpha value is -3.63. The minimum absolute atomic E-state index is 0.182. The van der Waals surface area contributed by atoms with Gasteiger partial charge < -0.3 is 20.5 Å². The van der Waals surface area contributed by atoms with Crippen molar-refractivity contribution >= 4 is 28.5 Å². The molecule has 0 aliphatic carbocycles. The van der Waals surface area contributed by atoms with E-state index in [0.717, 1.165) is 22.9 Å². The van der Waals surface area contributed by atoms with Crippen LogP contribution in [0.2, 0.25) is 0 Å². The van der Waals surface area contributed by atoms with Gasteiger partial charge in [-0.2, -0.15) is 5.10 Å². The number of rotatable bonds is 7. The molecule has 0 atom stereocenters. The summed E-state index contributed by atoms with van der Waals surface area (Å²) >= 11 is 0. The predicted molar refractivity (Wildman–Crippen MR) is 118 cm³/mol. The lowest BCUT2D eigenvalue weighted by molar-refractivity contribution is 0.0295. The summed E-state index contributed by atoms with van der Waals surface area (Å²) in [7, 11) is 3.91. The van der Waals surface area contributed by atoms with Crippen molar-refractivity contribution in [3.8, 4) is 0 Å². The summed E-state index contributed by atoms with van der Waals surface area (Å²) in [5.74, 6) is 0. The van der Waals surface area contributed by atoms with E-state index >= 15 is 0 Å². The third-order valence-electron chi connectivity index (χ3n) is 4.40. The van der Waals surface area contributed by atoms with E-state index in [4.69, 9.17) is 0 Å². The first-order valence-corrected chi connectivity index (χ1v) is 9.00. The van der Waals surface area contributed by atoms with Gasteiger partial charge in [0.15, 0.2) is 0 Å². The van der Waals surface area contributed by atoms with Crippen LogP contribution in [-0.4, -0.2) is 30.2 Å². The summed E-state index contributed by atoms with van der Waals surface area (Å²) < 4.78 is 0. The normalized spacial score (nSPS) is 11.2. The van der Waals surface area contributed by atoms with Gasteiger partial charge in [-0.1, -0.05) is 42.5 Å². The van der Waals surface area contributed by atoms with Gasteiger partial charge in [-0.15, -0.1) is 5.23 Å². The summed E-state index contributed by atoms with van der Waals surface area (Å²) in [6.45, 7) is 0. The number of hydrogen-bond donors (Lipinski definition) is 3. The van der Waals surface area contributed by atoms with Crippen LogP contribution in [0.5, 0.6) is 0 Å². The Labute approximate surface area is 173 Å². The minimum atomic E-state index is -0.623. The number of hydrazone groups is 1. The monoisotopic (exact) mass is 407 g/mol. The van der Waals surface area contributed by atoms with E-state index < -0.39 is 5.23 Å². The Morgan fingerprint density at radius 3 is 2.00 bits per heavy atom. The van der Waals surface area contributed by atoms with E-state index in [1.165, 1.54) is 12.1 Å². The zero-order valence-corrected chi connectivity index (χ0v) is 16.4. The molecule has 0 saturated heterocycles. The molecule has 0 unspecified atom stereocenters. The molecule has 0 aliphatic rings. The molecule has 156 valence electrons. The van der Waals surface area contributed by atoms with Gasteiger partial charge in [-0.05, 0) is 30.3 Å². The standard InChI is InChI=1S/C21H21N5O4/c1-24(2)17-10-8-16(9-11-17)21(15-6-4-3-5-7-15)23-22-19-13-12-18(25(27)28)14-20(19)26(29)30/h3-14,22,29-30H,1-2H3/q-2. The van der Waals surface area contributed by atoms with Crippen LogP contribution in [0.1, 0.15) is 11.1 Å². The molecule has 9 heteroatoms. The molecule has 0 heterocycles. The highest BCUT2D eigenvalue weighted by atomic mass is 16.8. The van der Waals surface area contributed by atoms with Crippen molar-refractivity contribution in [1.82, 2.24) is 0 Å². The molecule has 0 saturated carbocycles. The zero-order valence-electron chi connectivity index (χ0n) is 16.4. The molecule has 0 aliphatic heterocycles. The van der Waals surface area contributed by atoms with E-state index in [1.807, 2.05) is 73.6 Å². The molecule has 0 fully saturated rings. The number of anilines is 4. The van der Waals surface area contributed by atoms with Gasteiger partial charge in [0.1, 0.15) is 5.69 Å². The second-order valence-corrected chi connectivity index (χ2v) is 6.63. The van der Waals surface area contributed by atoms with Crippen LogP contribution in [-0.2, 0) is 0 Å². The Balaban J connectivity index is 2.01. The fourth-order valence-corrected chi connectivity index (χ4v) is 2.82. The van der Waals surface area contributed by atoms with Crippen LogP contribution in [0.15, 0.2) is 77.9 Å². The topological polar surface area (TPSA) is 121 Å². The van der Waals surface area contributed by atoms with Crippen LogP contribution >= 0.6 is 0 Å². The molecule has 3 aromatic rings. The number of benzene rings is 3. The Kier molecular flexibility index (Phi) is 6.50. The molecular weight excluding hydrogens is 386 g/mol. The largest absolute Gasteiger partial charge is 0.769 e. The Morgan fingerprint density at radius 2 is 1.43 bits per heavy atom. The molecule has 3 aromatic carbocycles. The minimum Gasteiger partial charge on any atom is -0.769 e. The van der Waals surface area contributed by atoms with E-state index in [2.05, 4.69) is 10.5 Å². The maximum Gasteiger partial charge on any atom is 0.121 e. The highest BCUT2D eigenvalue weighted by Gasteiger charge is 2.11. The van der Waals surface area contributed by atoms with Gasteiger partial charge in [0.05, 0.1) is 11.4 Å². The van der Waals surface area contributed by atoms with Crippen molar-refractivity contribution in [2.24, 2.45) is 5.10 Å². The first-order chi connectivity index (χ1) is 14.4. The average molecular weight is 407 g/mol. The first-order valence-electron chi connectivity index (χ1n) is 9.00. The Morgan fingerprint density at radius 1 is 0.833 bits per heavy atom. The van der Waals surface area contributed by atoms with Crippen LogP contribution in [0.25, 0.3) is 0 Å². The van der Waals surface area contributed by atoms with E-state index in [9.17, 15) is 20.8 Å². The SMILES string of the molecule is CN(C)c1ccc(C(=NNc2ccc(N([O-])[O-])cc2N(O)O)c2ccccc2)cc1. The molecule has 0 bridgehead atoms. The average Bonchev–Trinajstić information content (AvgIpc) is 2.74. The molecular formula is C21H21N5O4-2. The van der Waals surface area contributed by atoms with Crippen molar-refractivity contribution in [1.29, 1.82) is 0 Å². The maximum atomic E-state index is 11.0. The Bertz CT molecular complexity index is 1010. The maximum absolute atomic E-state index is 11.0. The summed E-state index contributed by atoms with van der Waals surface area (Å²) in [6.07, 6.45) is 0. The van der Waals surface area contributed by atoms with E-state index in [-0.39, 0.29) is 22.3 Å². The lowest BCUT2D eigenvalue weighted by atomic mass is 10.0. The molecule has 3 N–H and O–H groups in total. The van der Waals surface area contributed by atoms with Gasteiger partial charge in [0, 0.05) is 36.6 Å². The van der Waals surface area contributed by atoms with Crippen molar-refractivity contribution in [2.45, 2.75) is 0 Å². The lowest BCUT2D eigenvalue weighted by Crippen LogP contribution is -2.15. The second-order valence-electron chi connectivity index (χ2n) is 6.63. The molecule has 9 nitrogen and oxygen atoms in total. The fraction of sp³-hybridized carbons (Fsp3) is 0.0952. The van der Waals surface area contributed by atoms with E-state index in [1.54, 1.807) is 0 Å². The van der Waals surface area contributed by atoms with Crippen LogP contribution in [0.4, 0.5) is 22.7 Å². The van der Waals surface area contributed by atoms with E-state index in [0.29, 0.717) is 5.71 Å². The highest BCUT2D eigenvalue weighted by Crippen LogP contribution is 2.29. The van der Waals surface area contributed by atoms with Gasteiger partial charge in [0.25, 0.3) is 0 Å². The van der Waals surface area contributed by atoms with Crippen molar-refractivity contribution in [2.75, 3.05) is 34.9 Å². The van der Waals surface area contributed by atoms with Gasteiger partial charge in [-0.3, -0.25) is 15.8 Å². The quantitative estimate of drug-likeness (QED) is 0.397. The van der Waals surface area contributed by atoms with Crippen LogP contribution < -0.4 is 20.8 Å². The van der Waals surface area contributed by atoms with Crippen LogP contribution in [0.3, 0.4) is 0 Å². The van der Waals surface area contributed by atoms with Crippen molar-refractivity contribution in [3.05, 3.63) is 94.3 Å². The summed E-state index contributed by atoms with van der Waals surface area (Å²) in [5.41, 5.74) is 5.82. The summed E-state index contributed by atoms with van der Waals surface area (Å²) in [5, 5.41) is 44.5. The van der Waals surface area contributed by atoms with Crippen molar-refractivity contribution in [3.63, 3.8) is 0 Å². The molecule has 30 heavy (non-hydrogen) atoms. The summed E-state index contributed by atoms with van der Waals surface area (Å²) in [6, 6.07) is 20.9. The number of nitrogens with one attached hydrogen (secondary N) is 1. The smallest absolute Gasteiger partial charge is 0.121 e. The van der Waals surface area contributed by atoms with Crippen molar-refractivity contribution < 1.29 is 10.4 Å². The third-order valence-corrected chi connectivity index (χ3v) is 4.40. The third kappa shape index (κ3) is 4.85.